The molecule has 4 atom stereocenters. The number of aryl methyl sites for hydroxylation is 2. The molecule has 11 heteroatoms. The maximum Gasteiger partial charge on any atom is 0.283 e. The van der Waals surface area contributed by atoms with Crippen molar-refractivity contribution in [3.05, 3.63) is 144 Å². The van der Waals surface area contributed by atoms with E-state index in [1.807, 2.05) is 97.1 Å². The molecular weight excluding hydrogens is 693 g/mol. The van der Waals surface area contributed by atoms with Crippen LogP contribution in [0.2, 0.25) is 0 Å². The number of rotatable bonds is 22. The van der Waals surface area contributed by atoms with Gasteiger partial charge in [0.2, 0.25) is 0 Å². The van der Waals surface area contributed by atoms with Gasteiger partial charge in [0.15, 0.2) is 0 Å². The molecular formula is C42H54N2O8S. The molecule has 53 heavy (non-hydrogen) atoms. The summed E-state index contributed by atoms with van der Waals surface area (Å²) in [5, 5.41) is 0. The van der Waals surface area contributed by atoms with Crippen molar-refractivity contribution in [2.24, 2.45) is 0 Å². The Hall–Kier alpha value is -3.49. The molecule has 286 valence electrons. The van der Waals surface area contributed by atoms with Crippen LogP contribution in [-0.4, -0.2) is 95.6 Å². The Morgan fingerprint density at radius 2 is 0.830 bits per heavy atom. The van der Waals surface area contributed by atoms with E-state index >= 15 is 8.42 Å². The van der Waals surface area contributed by atoms with E-state index in [-0.39, 0.29) is 26.7 Å². The summed E-state index contributed by atoms with van der Waals surface area (Å²) >= 11 is 0. The van der Waals surface area contributed by atoms with Gasteiger partial charge in [-0.1, -0.05) is 121 Å². The molecule has 1 heterocycles. The van der Waals surface area contributed by atoms with Gasteiger partial charge in [-0.2, -0.15) is 17.0 Å². The van der Waals surface area contributed by atoms with Crippen LogP contribution in [-0.2, 0) is 64.6 Å². The van der Waals surface area contributed by atoms with E-state index in [0.29, 0.717) is 52.1 Å². The summed E-state index contributed by atoms with van der Waals surface area (Å²) in [5.74, 6) is 0. The molecule has 0 aromatic heterocycles. The van der Waals surface area contributed by atoms with Crippen LogP contribution in [0, 0.1) is 0 Å². The molecule has 1 aliphatic heterocycles. The first-order valence-corrected chi connectivity index (χ1v) is 19.7. The summed E-state index contributed by atoms with van der Waals surface area (Å²) in [5.41, 5.74) is 3.95. The standard InChI is InChI=1S/C42H54N2O8S/c1-47-27-29-49-33-51-41-39(25-23-35-15-7-3-8-16-35)43(31-37-19-11-5-12-20-37)53(45,46)44(32-38-21-13-6-14-22-38)40(26-24-36-17-9-4-10-18-36)42(41)52-34-50-30-28-48-2/h3-22,39-42H,23-34H2,1-2H3/t39-,40-,41+,42+/m1/s1. The van der Waals surface area contributed by atoms with Gasteiger partial charge in [0.1, 0.15) is 25.8 Å². The zero-order valence-corrected chi connectivity index (χ0v) is 31.7. The third-order valence-electron chi connectivity index (χ3n) is 9.47. The highest BCUT2D eigenvalue weighted by Gasteiger charge is 2.52. The summed E-state index contributed by atoms with van der Waals surface area (Å²) in [6, 6.07) is 38.5. The minimum atomic E-state index is -4.16. The van der Waals surface area contributed by atoms with Crippen LogP contribution < -0.4 is 0 Å². The predicted molar refractivity (Wildman–Crippen MR) is 205 cm³/mol. The summed E-state index contributed by atoms with van der Waals surface area (Å²) in [6.07, 6.45) is 0.753. The maximum absolute atomic E-state index is 15.6. The topological polar surface area (TPSA) is 96.0 Å². The first-order valence-electron chi connectivity index (χ1n) is 18.3. The van der Waals surface area contributed by atoms with E-state index in [0.717, 1.165) is 22.3 Å². The summed E-state index contributed by atoms with van der Waals surface area (Å²) in [6.45, 7) is 1.63. The van der Waals surface area contributed by atoms with Crippen molar-refractivity contribution in [3.63, 3.8) is 0 Å². The number of nitrogens with zero attached hydrogens (tertiary/aromatic N) is 2. The maximum atomic E-state index is 15.6. The predicted octanol–water partition coefficient (Wildman–Crippen LogP) is 6.26. The molecule has 10 nitrogen and oxygen atoms in total. The second-order valence-corrected chi connectivity index (χ2v) is 14.9. The van der Waals surface area contributed by atoms with Crippen molar-refractivity contribution in [3.8, 4) is 0 Å². The van der Waals surface area contributed by atoms with Gasteiger partial charge in [0.05, 0.1) is 38.5 Å². The lowest BCUT2D eigenvalue weighted by Gasteiger charge is -2.37. The molecule has 0 amide bonds. The van der Waals surface area contributed by atoms with Gasteiger partial charge in [0, 0.05) is 27.3 Å². The van der Waals surface area contributed by atoms with Gasteiger partial charge in [-0.05, 0) is 47.9 Å². The molecule has 0 bridgehead atoms. The number of hydrogen-bond acceptors (Lipinski definition) is 8. The molecule has 4 aromatic carbocycles. The van der Waals surface area contributed by atoms with Crippen LogP contribution in [0.15, 0.2) is 121 Å². The average molecular weight is 747 g/mol. The van der Waals surface area contributed by atoms with Gasteiger partial charge >= 0.3 is 0 Å². The second kappa shape index (κ2) is 22.0. The molecule has 1 fully saturated rings. The van der Waals surface area contributed by atoms with Crippen molar-refractivity contribution < 1.29 is 36.8 Å². The molecule has 0 saturated carbocycles. The van der Waals surface area contributed by atoms with E-state index in [4.69, 9.17) is 28.4 Å². The fourth-order valence-electron chi connectivity index (χ4n) is 6.77. The minimum Gasteiger partial charge on any atom is -0.382 e. The molecule has 5 rings (SSSR count). The van der Waals surface area contributed by atoms with Crippen LogP contribution in [0.5, 0.6) is 0 Å². The van der Waals surface area contributed by atoms with E-state index in [2.05, 4.69) is 24.3 Å². The number of benzene rings is 4. The van der Waals surface area contributed by atoms with E-state index in [1.54, 1.807) is 22.8 Å². The van der Waals surface area contributed by atoms with Crippen molar-refractivity contribution in [1.82, 2.24) is 8.61 Å². The van der Waals surface area contributed by atoms with E-state index in [9.17, 15) is 0 Å². The van der Waals surface area contributed by atoms with Crippen LogP contribution in [0.25, 0.3) is 0 Å². The first-order chi connectivity index (χ1) is 26.0. The number of methoxy groups -OCH3 is 2. The second-order valence-electron chi connectivity index (χ2n) is 13.1. The molecule has 1 saturated heterocycles. The van der Waals surface area contributed by atoms with Gasteiger partial charge in [-0.25, -0.2) is 0 Å². The molecule has 0 aliphatic carbocycles. The lowest BCUT2D eigenvalue weighted by molar-refractivity contribution is -0.193. The smallest absolute Gasteiger partial charge is 0.283 e. The van der Waals surface area contributed by atoms with Crippen LogP contribution in [0.4, 0.5) is 0 Å². The zero-order valence-electron chi connectivity index (χ0n) is 30.9. The molecule has 0 spiro atoms. The van der Waals surface area contributed by atoms with Crippen molar-refractivity contribution >= 4 is 10.2 Å². The Morgan fingerprint density at radius 3 is 1.17 bits per heavy atom. The van der Waals surface area contributed by atoms with Gasteiger partial charge in [-0.15, -0.1) is 0 Å². The molecule has 0 radical (unpaired) electrons. The minimum absolute atomic E-state index is 0.0659. The Bertz CT molecular complexity index is 1550. The highest BCUT2D eigenvalue weighted by Crippen LogP contribution is 2.36. The summed E-state index contributed by atoms with van der Waals surface area (Å²) in [4.78, 5) is 0. The fraction of sp³-hybridized carbons (Fsp3) is 0.429. The molecule has 0 N–H and O–H groups in total. The molecule has 1 aliphatic rings. The SMILES string of the molecule is COCCOCO[C@@H]1[C@@H](OCOCCOC)[C@@H](CCc2ccccc2)N(Cc2ccccc2)S(=O)(=O)N(Cc2ccccc2)[C@@H]1CCc1ccccc1. The lowest BCUT2D eigenvalue weighted by Crippen LogP contribution is -2.52. The zero-order chi connectivity index (χ0) is 37.1. The molecule has 0 unspecified atom stereocenters. The largest absolute Gasteiger partial charge is 0.382 e. The first kappa shape index (κ1) is 40.7. The quantitative estimate of drug-likeness (QED) is 0.0687. The monoisotopic (exact) mass is 746 g/mol. The third kappa shape index (κ3) is 12.3. The van der Waals surface area contributed by atoms with Gasteiger partial charge in [-0.3, -0.25) is 0 Å². The number of hydrogen-bond donors (Lipinski definition) is 0. The van der Waals surface area contributed by atoms with Crippen LogP contribution in [0.1, 0.15) is 35.1 Å². The van der Waals surface area contributed by atoms with Gasteiger partial charge in [0.25, 0.3) is 10.2 Å². The Kier molecular flexibility index (Phi) is 16.9. The van der Waals surface area contributed by atoms with Crippen molar-refractivity contribution in [2.45, 2.75) is 63.1 Å². The number of ether oxygens (including phenoxy) is 6. The Labute approximate surface area is 315 Å². The van der Waals surface area contributed by atoms with Crippen molar-refractivity contribution in [2.75, 3.05) is 54.2 Å². The Balaban J connectivity index is 1.64. The molecule has 4 aromatic rings. The van der Waals surface area contributed by atoms with E-state index < -0.39 is 34.5 Å². The van der Waals surface area contributed by atoms with Crippen LogP contribution >= 0.6 is 0 Å². The average Bonchev–Trinajstić information content (AvgIpc) is 3.25. The highest BCUT2D eigenvalue weighted by molar-refractivity contribution is 7.86. The summed E-state index contributed by atoms with van der Waals surface area (Å²) in [7, 11) is -0.926. The van der Waals surface area contributed by atoms with Crippen LogP contribution in [0.3, 0.4) is 0 Å². The Morgan fingerprint density at radius 1 is 0.491 bits per heavy atom. The summed E-state index contributed by atoms with van der Waals surface area (Å²) < 4.78 is 70.1. The normalized spacial score (nSPS) is 20.6. The third-order valence-corrected chi connectivity index (χ3v) is 11.5. The van der Waals surface area contributed by atoms with Crippen molar-refractivity contribution in [1.29, 1.82) is 0 Å². The van der Waals surface area contributed by atoms with E-state index in [1.165, 1.54) is 0 Å². The fourth-order valence-corrected chi connectivity index (χ4v) is 8.80. The van der Waals surface area contributed by atoms with Gasteiger partial charge < -0.3 is 28.4 Å². The highest BCUT2D eigenvalue weighted by atomic mass is 32.2. The lowest BCUT2D eigenvalue weighted by atomic mass is 9.90.